The number of hydrogen-bond donors (Lipinski definition) is 1. The molecule has 28 heavy (non-hydrogen) atoms. The summed E-state index contributed by atoms with van der Waals surface area (Å²) >= 11 is 0. The SMILES string of the molecule is O=C(c1ccc(F)cc1F)N1CCC[C@H](c2cc(-c3ccc(F)cc3)n[nH]2)C1. The molecule has 2 heterocycles. The number of likely N-dealkylation sites (tertiary alicyclic amines) is 1. The molecule has 1 aliphatic rings. The van der Waals surface area contributed by atoms with Crippen molar-refractivity contribution >= 4 is 5.91 Å². The summed E-state index contributed by atoms with van der Waals surface area (Å²) in [4.78, 5) is 14.3. The number of H-pyrrole nitrogens is 1. The van der Waals surface area contributed by atoms with Gasteiger partial charge in [-0.25, -0.2) is 13.2 Å². The highest BCUT2D eigenvalue weighted by Gasteiger charge is 2.28. The fraction of sp³-hybridized carbons (Fsp3) is 0.238. The van der Waals surface area contributed by atoms with Gasteiger partial charge in [0.2, 0.25) is 0 Å². The molecule has 2 aromatic carbocycles. The number of hydrogen-bond acceptors (Lipinski definition) is 2. The number of nitrogens with zero attached hydrogens (tertiary/aromatic N) is 2. The molecular formula is C21H18F3N3O. The van der Waals surface area contributed by atoms with Crippen molar-refractivity contribution in [2.45, 2.75) is 18.8 Å². The van der Waals surface area contributed by atoms with Crippen LogP contribution in [0.15, 0.2) is 48.5 Å². The van der Waals surface area contributed by atoms with E-state index in [-0.39, 0.29) is 17.3 Å². The van der Waals surface area contributed by atoms with E-state index in [4.69, 9.17) is 0 Å². The van der Waals surface area contributed by atoms with Crippen molar-refractivity contribution in [1.29, 1.82) is 0 Å². The maximum absolute atomic E-state index is 14.0. The first kappa shape index (κ1) is 18.3. The summed E-state index contributed by atoms with van der Waals surface area (Å²) in [7, 11) is 0. The van der Waals surface area contributed by atoms with Crippen LogP contribution in [0, 0.1) is 17.5 Å². The van der Waals surface area contributed by atoms with Crippen molar-refractivity contribution in [1.82, 2.24) is 15.1 Å². The van der Waals surface area contributed by atoms with Crippen molar-refractivity contribution in [3.05, 3.63) is 77.2 Å². The molecule has 4 rings (SSSR count). The highest BCUT2D eigenvalue weighted by Crippen LogP contribution is 2.29. The summed E-state index contributed by atoms with van der Waals surface area (Å²) in [6, 6.07) is 10.9. The van der Waals surface area contributed by atoms with Crippen LogP contribution in [0.3, 0.4) is 0 Å². The number of benzene rings is 2. The Bertz CT molecular complexity index is 1000. The molecule has 1 aliphatic heterocycles. The Labute approximate surface area is 160 Å². The summed E-state index contributed by atoms with van der Waals surface area (Å²) in [5.74, 6) is -2.29. The van der Waals surface area contributed by atoms with Crippen molar-refractivity contribution < 1.29 is 18.0 Å². The Morgan fingerprint density at radius 2 is 1.79 bits per heavy atom. The lowest BCUT2D eigenvalue weighted by Gasteiger charge is -2.32. The summed E-state index contributed by atoms with van der Waals surface area (Å²) in [6.45, 7) is 0.936. The van der Waals surface area contributed by atoms with Gasteiger partial charge in [0.1, 0.15) is 17.5 Å². The van der Waals surface area contributed by atoms with Crippen LogP contribution in [0.5, 0.6) is 0 Å². The molecule has 1 atom stereocenters. The smallest absolute Gasteiger partial charge is 0.256 e. The van der Waals surface area contributed by atoms with E-state index in [0.29, 0.717) is 18.8 Å². The molecule has 7 heteroatoms. The second kappa shape index (κ2) is 7.50. The Kier molecular flexibility index (Phi) is 4.90. The van der Waals surface area contributed by atoms with E-state index < -0.39 is 17.5 Å². The predicted octanol–water partition coefficient (Wildman–Crippen LogP) is 4.51. The van der Waals surface area contributed by atoms with Crippen molar-refractivity contribution in [3.63, 3.8) is 0 Å². The average Bonchev–Trinajstić information content (AvgIpc) is 3.18. The molecule has 1 saturated heterocycles. The van der Waals surface area contributed by atoms with Gasteiger partial charge in [-0.1, -0.05) is 0 Å². The molecule has 1 N–H and O–H groups in total. The zero-order chi connectivity index (χ0) is 19.7. The van der Waals surface area contributed by atoms with Gasteiger partial charge in [-0.2, -0.15) is 5.10 Å². The minimum Gasteiger partial charge on any atom is -0.338 e. The normalized spacial score (nSPS) is 17.0. The van der Waals surface area contributed by atoms with Crippen LogP contribution in [-0.2, 0) is 0 Å². The maximum Gasteiger partial charge on any atom is 0.256 e. The monoisotopic (exact) mass is 385 g/mol. The fourth-order valence-corrected chi connectivity index (χ4v) is 3.56. The molecular weight excluding hydrogens is 367 g/mol. The molecule has 0 unspecified atom stereocenters. The zero-order valence-electron chi connectivity index (χ0n) is 15.0. The lowest BCUT2D eigenvalue weighted by atomic mass is 9.93. The number of halogens is 3. The minimum absolute atomic E-state index is 0.0305. The lowest BCUT2D eigenvalue weighted by molar-refractivity contribution is 0.0701. The molecule has 3 aromatic rings. The molecule has 1 fully saturated rings. The van der Waals surface area contributed by atoms with Crippen LogP contribution in [0.25, 0.3) is 11.3 Å². The van der Waals surface area contributed by atoms with Crippen LogP contribution in [0.4, 0.5) is 13.2 Å². The van der Waals surface area contributed by atoms with Crippen LogP contribution < -0.4 is 0 Å². The van der Waals surface area contributed by atoms with Crippen LogP contribution >= 0.6 is 0 Å². The van der Waals surface area contributed by atoms with Gasteiger partial charge in [0.05, 0.1) is 11.3 Å². The van der Waals surface area contributed by atoms with E-state index in [2.05, 4.69) is 10.2 Å². The third-order valence-electron chi connectivity index (χ3n) is 5.05. The third-order valence-corrected chi connectivity index (χ3v) is 5.05. The Balaban J connectivity index is 1.51. The van der Waals surface area contributed by atoms with E-state index in [1.54, 1.807) is 17.0 Å². The van der Waals surface area contributed by atoms with Gasteiger partial charge >= 0.3 is 0 Å². The van der Waals surface area contributed by atoms with Gasteiger partial charge in [0, 0.05) is 36.3 Å². The van der Waals surface area contributed by atoms with Gasteiger partial charge < -0.3 is 4.90 Å². The third kappa shape index (κ3) is 3.65. The summed E-state index contributed by atoms with van der Waals surface area (Å²) < 4.78 is 40.2. The van der Waals surface area contributed by atoms with Gasteiger partial charge in [0.15, 0.2) is 0 Å². The Morgan fingerprint density at radius 3 is 2.54 bits per heavy atom. The van der Waals surface area contributed by atoms with Crippen LogP contribution in [0.1, 0.15) is 34.8 Å². The first-order chi connectivity index (χ1) is 13.5. The molecule has 0 aliphatic carbocycles. The number of rotatable bonds is 3. The number of carbonyl (C=O) groups excluding carboxylic acids is 1. The standard InChI is InChI=1S/C21H18F3N3O/c22-15-5-3-13(4-6-15)19-11-20(26-25-19)14-2-1-9-27(12-14)21(28)17-8-7-16(23)10-18(17)24/h3-8,10-11,14H,1-2,9,12H2,(H,25,26)/t14-/m0/s1. The fourth-order valence-electron chi connectivity index (χ4n) is 3.56. The molecule has 0 spiro atoms. The van der Waals surface area contributed by atoms with Gasteiger partial charge in [-0.3, -0.25) is 9.89 Å². The summed E-state index contributed by atoms with van der Waals surface area (Å²) in [5.41, 5.74) is 2.24. The summed E-state index contributed by atoms with van der Waals surface area (Å²) in [6.07, 6.45) is 1.63. The number of aromatic amines is 1. The molecule has 144 valence electrons. The van der Waals surface area contributed by atoms with Crippen LogP contribution in [-0.4, -0.2) is 34.1 Å². The van der Waals surface area contributed by atoms with Gasteiger partial charge in [-0.05, 0) is 55.3 Å². The largest absolute Gasteiger partial charge is 0.338 e. The van der Waals surface area contributed by atoms with E-state index in [9.17, 15) is 18.0 Å². The quantitative estimate of drug-likeness (QED) is 0.721. The second-order valence-electron chi connectivity index (χ2n) is 6.93. The minimum atomic E-state index is -0.854. The first-order valence-corrected chi connectivity index (χ1v) is 9.07. The van der Waals surface area contributed by atoms with Crippen LogP contribution in [0.2, 0.25) is 0 Å². The average molecular weight is 385 g/mol. The molecule has 4 nitrogen and oxygen atoms in total. The molecule has 1 amide bonds. The zero-order valence-corrected chi connectivity index (χ0v) is 15.0. The second-order valence-corrected chi connectivity index (χ2v) is 6.93. The highest BCUT2D eigenvalue weighted by atomic mass is 19.1. The topological polar surface area (TPSA) is 49.0 Å². The molecule has 0 saturated carbocycles. The number of amides is 1. The molecule has 0 bridgehead atoms. The predicted molar refractivity (Wildman–Crippen MR) is 98.2 cm³/mol. The van der Waals surface area contributed by atoms with Crippen molar-refractivity contribution in [2.24, 2.45) is 0 Å². The van der Waals surface area contributed by atoms with E-state index in [1.807, 2.05) is 6.07 Å². The highest BCUT2D eigenvalue weighted by molar-refractivity contribution is 5.94. The Morgan fingerprint density at radius 1 is 1.04 bits per heavy atom. The first-order valence-electron chi connectivity index (χ1n) is 9.07. The molecule has 0 radical (unpaired) electrons. The number of piperidine rings is 1. The lowest BCUT2D eigenvalue weighted by Crippen LogP contribution is -2.39. The van der Waals surface area contributed by atoms with E-state index in [0.717, 1.165) is 36.2 Å². The van der Waals surface area contributed by atoms with Gasteiger partial charge in [-0.15, -0.1) is 0 Å². The van der Waals surface area contributed by atoms with E-state index in [1.165, 1.54) is 18.2 Å². The van der Waals surface area contributed by atoms with Crippen molar-refractivity contribution in [3.8, 4) is 11.3 Å². The summed E-state index contributed by atoms with van der Waals surface area (Å²) in [5, 5.41) is 7.29. The van der Waals surface area contributed by atoms with Crippen molar-refractivity contribution in [2.75, 3.05) is 13.1 Å². The molecule has 1 aromatic heterocycles. The van der Waals surface area contributed by atoms with E-state index >= 15 is 0 Å². The Hall–Kier alpha value is -3.09. The number of aromatic nitrogens is 2. The maximum atomic E-state index is 14.0. The number of carbonyl (C=O) groups is 1. The number of nitrogens with one attached hydrogen (secondary N) is 1. The van der Waals surface area contributed by atoms with Gasteiger partial charge in [0.25, 0.3) is 5.91 Å².